The van der Waals surface area contributed by atoms with Crippen LogP contribution in [-0.4, -0.2) is 60.3 Å². The Morgan fingerprint density at radius 1 is 0.905 bits per heavy atom. The number of rotatable bonds is 3. The molecule has 2 aliphatic rings. The van der Waals surface area contributed by atoms with Crippen molar-refractivity contribution >= 4 is 10.9 Å². The highest BCUT2D eigenvalue weighted by molar-refractivity contribution is 5.81. The fourth-order valence-electron chi connectivity index (χ4n) is 3.51. The van der Waals surface area contributed by atoms with Gasteiger partial charge < -0.3 is 9.30 Å². The number of para-hydroxylation sites is 1. The Hall–Kier alpha value is -1.36. The monoisotopic (exact) mass is 285 g/mol. The van der Waals surface area contributed by atoms with Gasteiger partial charge in [0.2, 0.25) is 0 Å². The Bertz CT molecular complexity index is 616. The molecular formula is C17H23N3O. The van der Waals surface area contributed by atoms with E-state index in [9.17, 15) is 0 Å². The molecule has 1 aromatic heterocycles. The molecule has 0 bridgehead atoms. The Balaban J connectivity index is 1.41. The molecule has 0 spiro atoms. The summed E-state index contributed by atoms with van der Waals surface area (Å²) in [6.07, 6.45) is 0. The smallest absolute Gasteiger partial charge is 0.0594 e. The van der Waals surface area contributed by atoms with Gasteiger partial charge in [0.25, 0.3) is 0 Å². The molecule has 1 fully saturated rings. The van der Waals surface area contributed by atoms with Gasteiger partial charge in [-0.15, -0.1) is 0 Å². The van der Waals surface area contributed by atoms with E-state index >= 15 is 0 Å². The first-order valence-corrected chi connectivity index (χ1v) is 8.00. The predicted octanol–water partition coefficient (Wildman–Crippen LogP) is 1.79. The zero-order chi connectivity index (χ0) is 14.1. The molecule has 2 aliphatic heterocycles. The van der Waals surface area contributed by atoms with Gasteiger partial charge in [0.15, 0.2) is 0 Å². The number of benzene rings is 1. The van der Waals surface area contributed by atoms with Gasteiger partial charge in [0, 0.05) is 57.0 Å². The van der Waals surface area contributed by atoms with Crippen molar-refractivity contribution in [1.82, 2.24) is 14.4 Å². The lowest BCUT2D eigenvalue weighted by Gasteiger charge is -2.32. The van der Waals surface area contributed by atoms with E-state index in [2.05, 4.69) is 44.7 Å². The predicted molar refractivity (Wildman–Crippen MR) is 84.5 cm³/mol. The summed E-state index contributed by atoms with van der Waals surface area (Å²) >= 11 is 0. The number of nitrogens with zero attached hydrogens (tertiary/aromatic N) is 3. The fourth-order valence-corrected chi connectivity index (χ4v) is 3.51. The van der Waals surface area contributed by atoms with Gasteiger partial charge in [-0.25, -0.2) is 0 Å². The van der Waals surface area contributed by atoms with E-state index in [0.29, 0.717) is 0 Å². The minimum atomic E-state index is 0.897. The lowest BCUT2D eigenvalue weighted by molar-refractivity contribution is 0.0320. The topological polar surface area (TPSA) is 20.6 Å². The minimum absolute atomic E-state index is 0.897. The summed E-state index contributed by atoms with van der Waals surface area (Å²) in [6.45, 7) is 9.68. The van der Waals surface area contributed by atoms with E-state index in [1.807, 2.05) is 0 Å². The summed E-state index contributed by atoms with van der Waals surface area (Å²) in [7, 11) is 0. The third-order valence-corrected chi connectivity index (χ3v) is 4.76. The number of morpholine rings is 1. The van der Waals surface area contributed by atoms with E-state index in [-0.39, 0.29) is 0 Å². The molecular weight excluding hydrogens is 262 g/mol. The van der Waals surface area contributed by atoms with Crippen LogP contribution in [0, 0.1) is 0 Å². The second kappa shape index (κ2) is 5.79. The molecule has 0 radical (unpaired) electrons. The maximum absolute atomic E-state index is 5.41. The van der Waals surface area contributed by atoms with Crippen LogP contribution in [0.1, 0.15) is 5.69 Å². The number of hydrogen-bond donors (Lipinski definition) is 0. The molecule has 2 aromatic rings. The summed E-state index contributed by atoms with van der Waals surface area (Å²) < 4.78 is 7.90. The Kier molecular flexibility index (Phi) is 3.67. The fraction of sp³-hybridized carbons (Fsp3) is 0.529. The van der Waals surface area contributed by atoms with Gasteiger partial charge in [0.05, 0.1) is 13.2 Å². The Labute approximate surface area is 125 Å². The van der Waals surface area contributed by atoms with Crippen LogP contribution < -0.4 is 0 Å². The first-order chi connectivity index (χ1) is 10.4. The SMILES string of the molecule is c1ccc2c(c1)cc1n2CCN(CCN2CCOCC2)C1. The first kappa shape index (κ1) is 13.3. The molecule has 0 aliphatic carbocycles. The quantitative estimate of drug-likeness (QED) is 0.858. The second-order valence-electron chi connectivity index (χ2n) is 6.08. The van der Waals surface area contributed by atoms with Crippen molar-refractivity contribution in [2.24, 2.45) is 0 Å². The van der Waals surface area contributed by atoms with E-state index in [1.54, 1.807) is 0 Å². The lowest BCUT2D eigenvalue weighted by Crippen LogP contribution is -2.43. The summed E-state index contributed by atoms with van der Waals surface area (Å²) in [4.78, 5) is 5.11. The van der Waals surface area contributed by atoms with Crippen LogP contribution in [0.5, 0.6) is 0 Å². The highest BCUT2D eigenvalue weighted by atomic mass is 16.5. The summed E-state index contributed by atoms with van der Waals surface area (Å²) in [5, 5.41) is 1.38. The molecule has 0 atom stereocenters. The van der Waals surface area contributed by atoms with Crippen molar-refractivity contribution < 1.29 is 4.74 Å². The molecule has 112 valence electrons. The Morgan fingerprint density at radius 3 is 2.62 bits per heavy atom. The van der Waals surface area contributed by atoms with E-state index < -0.39 is 0 Å². The summed E-state index contributed by atoms with van der Waals surface area (Å²) in [5.74, 6) is 0. The molecule has 0 unspecified atom stereocenters. The van der Waals surface area contributed by atoms with Gasteiger partial charge in [0.1, 0.15) is 0 Å². The number of fused-ring (bicyclic) bond motifs is 3. The van der Waals surface area contributed by atoms with E-state index in [0.717, 1.165) is 45.9 Å². The number of aromatic nitrogens is 1. The molecule has 4 nitrogen and oxygen atoms in total. The zero-order valence-electron chi connectivity index (χ0n) is 12.5. The number of ether oxygens (including phenoxy) is 1. The van der Waals surface area contributed by atoms with Gasteiger partial charge in [-0.1, -0.05) is 18.2 Å². The molecule has 3 heterocycles. The molecule has 0 amide bonds. The molecule has 1 saturated heterocycles. The average molecular weight is 285 g/mol. The van der Waals surface area contributed by atoms with Gasteiger partial charge in [-0.3, -0.25) is 9.80 Å². The van der Waals surface area contributed by atoms with E-state index in [4.69, 9.17) is 4.74 Å². The van der Waals surface area contributed by atoms with Crippen LogP contribution in [-0.2, 0) is 17.8 Å². The first-order valence-electron chi connectivity index (χ1n) is 8.00. The van der Waals surface area contributed by atoms with Gasteiger partial charge in [-0.05, 0) is 17.5 Å². The van der Waals surface area contributed by atoms with Crippen molar-refractivity contribution in [3.8, 4) is 0 Å². The number of hydrogen-bond acceptors (Lipinski definition) is 3. The van der Waals surface area contributed by atoms with Crippen LogP contribution in [0.4, 0.5) is 0 Å². The van der Waals surface area contributed by atoms with Crippen molar-refractivity contribution in [3.05, 3.63) is 36.0 Å². The van der Waals surface area contributed by atoms with Crippen molar-refractivity contribution in [2.45, 2.75) is 13.1 Å². The Morgan fingerprint density at radius 2 is 1.71 bits per heavy atom. The van der Waals surface area contributed by atoms with E-state index in [1.165, 1.54) is 29.7 Å². The largest absolute Gasteiger partial charge is 0.379 e. The van der Waals surface area contributed by atoms with Crippen LogP contribution in [0.25, 0.3) is 10.9 Å². The van der Waals surface area contributed by atoms with Gasteiger partial charge in [-0.2, -0.15) is 0 Å². The molecule has 21 heavy (non-hydrogen) atoms. The van der Waals surface area contributed by atoms with Gasteiger partial charge >= 0.3 is 0 Å². The lowest BCUT2D eigenvalue weighted by atomic mass is 10.2. The van der Waals surface area contributed by atoms with Crippen molar-refractivity contribution in [1.29, 1.82) is 0 Å². The minimum Gasteiger partial charge on any atom is -0.379 e. The average Bonchev–Trinajstić information content (AvgIpc) is 2.91. The zero-order valence-corrected chi connectivity index (χ0v) is 12.5. The van der Waals surface area contributed by atoms with Crippen molar-refractivity contribution in [3.63, 3.8) is 0 Å². The highest BCUT2D eigenvalue weighted by Gasteiger charge is 2.19. The molecule has 0 saturated carbocycles. The molecule has 1 aromatic carbocycles. The molecule has 4 rings (SSSR count). The molecule has 0 N–H and O–H groups in total. The normalized spacial score (nSPS) is 20.8. The van der Waals surface area contributed by atoms with Crippen LogP contribution >= 0.6 is 0 Å². The maximum atomic E-state index is 5.41. The third-order valence-electron chi connectivity index (χ3n) is 4.76. The third kappa shape index (κ3) is 2.71. The summed E-state index contributed by atoms with van der Waals surface area (Å²) in [6, 6.07) is 11.1. The van der Waals surface area contributed by atoms with Crippen molar-refractivity contribution in [2.75, 3.05) is 45.9 Å². The standard InChI is InChI=1S/C17H23N3O/c1-2-4-17-15(3-1)13-16-14-19(7-8-20(16)17)6-5-18-9-11-21-12-10-18/h1-4,13H,5-12,14H2. The highest BCUT2D eigenvalue weighted by Crippen LogP contribution is 2.23. The van der Waals surface area contributed by atoms with Crippen LogP contribution in [0.15, 0.2) is 30.3 Å². The molecule has 4 heteroatoms. The van der Waals surface area contributed by atoms with Crippen LogP contribution in [0.3, 0.4) is 0 Å². The summed E-state index contributed by atoms with van der Waals surface area (Å²) in [5.41, 5.74) is 2.85. The van der Waals surface area contributed by atoms with Crippen LogP contribution in [0.2, 0.25) is 0 Å². The second-order valence-corrected chi connectivity index (χ2v) is 6.08. The maximum Gasteiger partial charge on any atom is 0.0594 e.